The number of ketones is 1. The van der Waals surface area contributed by atoms with E-state index in [1.54, 1.807) is 12.1 Å². The van der Waals surface area contributed by atoms with E-state index in [2.05, 4.69) is 0 Å². The van der Waals surface area contributed by atoms with E-state index < -0.39 is 0 Å². The van der Waals surface area contributed by atoms with Crippen LogP contribution in [0.5, 0.6) is 0 Å². The Hall–Kier alpha value is -1.02. The van der Waals surface area contributed by atoms with Crippen LogP contribution in [0, 0.1) is 6.92 Å². The molecule has 0 aromatic heterocycles. The average molecular weight is 212 g/mol. The summed E-state index contributed by atoms with van der Waals surface area (Å²) in [5.74, 6) is 0.110. The first-order valence-corrected chi connectivity index (χ1v) is 5.03. The van der Waals surface area contributed by atoms with Crippen LogP contribution in [0.2, 0.25) is 5.02 Å². The molecule has 0 heterocycles. The van der Waals surface area contributed by atoms with Gasteiger partial charge in [0.15, 0.2) is 5.78 Å². The van der Waals surface area contributed by atoms with Crippen molar-refractivity contribution < 1.29 is 4.79 Å². The van der Waals surface area contributed by atoms with E-state index in [0.717, 1.165) is 12.0 Å². The molecule has 0 aliphatic rings. The molecule has 0 saturated heterocycles. The maximum absolute atomic E-state index is 11.7. The van der Waals surface area contributed by atoms with Gasteiger partial charge < -0.3 is 5.73 Å². The second-order valence-corrected chi connectivity index (χ2v) is 3.78. The van der Waals surface area contributed by atoms with Gasteiger partial charge in [-0.15, -0.1) is 0 Å². The first-order chi connectivity index (χ1) is 6.56. The molecular weight excluding hydrogens is 198 g/mol. The molecule has 0 atom stereocenters. The largest absolute Gasteiger partial charge is 0.398 e. The van der Waals surface area contributed by atoms with Crippen molar-refractivity contribution >= 4 is 23.1 Å². The zero-order chi connectivity index (χ0) is 10.7. The Morgan fingerprint density at radius 1 is 1.50 bits per heavy atom. The molecule has 0 amide bonds. The topological polar surface area (TPSA) is 43.1 Å². The average Bonchev–Trinajstić information content (AvgIpc) is 2.11. The summed E-state index contributed by atoms with van der Waals surface area (Å²) in [4.78, 5) is 11.7. The number of benzene rings is 1. The fourth-order valence-corrected chi connectivity index (χ4v) is 1.58. The molecule has 0 bridgehead atoms. The van der Waals surface area contributed by atoms with E-state index >= 15 is 0 Å². The van der Waals surface area contributed by atoms with E-state index in [0.29, 0.717) is 22.7 Å². The molecule has 2 nitrogen and oxygen atoms in total. The highest BCUT2D eigenvalue weighted by atomic mass is 35.5. The zero-order valence-corrected chi connectivity index (χ0v) is 9.19. The molecule has 0 aliphatic carbocycles. The normalized spacial score (nSPS) is 10.2. The fourth-order valence-electron chi connectivity index (χ4n) is 1.35. The van der Waals surface area contributed by atoms with Gasteiger partial charge in [0.05, 0.1) is 0 Å². The quantitative estimate of drug-likeness (QED) is 0.616. The van der Waals surface area contributed by atoms with E-state index in [1.807, 2.05) is 13.8 Å². The van der Waals surface area contributed by atoms with Gasteiger partial charge in [-0.2, -0.15) is 0 Å². The van der Waals surface area contributed by atoms with Crippen molar-refractivity contribution in [3.8, 4) is 0 Å². The van der Waals surface area contributed by atoms with Crippen LogP contribution in [-0.2, 0) is 0 Å². The van der Waals surface area contributed by atoms with Gasteiger partial charge in [-0.1, -0.05) is 18.5 Å². The standard InChI is InChI=1S/C11H14ClNO/c1-3-4-11(14)9-5-8(12)6-10(13)7(9)2/h5-6H,3-4,13H2,1-2H3. The monoisotopic (exact) mass is 211 g/mol. The van der Waals surface area contributed by atoms with Crippen LogP contribution < -0.4 is 5.73 Å². The Balaban J connectivity index is 3.13. The number of nitrogen functional groups attached to an aromatic ring is 1. The van der Waals surface area contributed by atoms with E-state index in [-0.39, 0.29) is 5.78 Å². The van der Waals surface area contributed by atoms with Crippen molar-refractivity contribution in [2.24, 2.45) is 0 Å². The number of Topliss-reactive ketones (excluding diaryl/α,β-unsaturated/α-hetero) is 1. The Bertz CT molecular complexity index is 361. The predicted octanol–water partition coefficient (Wildman–Crippen LogP) is 3.21. The van der Waals surface area contributed by atoms with Gasteiger partial charge in [0.25, 0.3) is 0 Å². The fraction of sp³-hybridized carbons (Fsp3) is 0.364. The smallest absolute Gasteiger partial charge is 0.163 e. The number of hydrogen-bond donors (Lipinski definition) is 1. The van der Waals surface area contributed by atoms with Crippen molar-refractivity contribution in [2.45, 2.75) is 26.7 Å². The number of carbonyl (C=O) groups excluding carboxylic acids is 1. The molecule has 2 N–H and O–H groups in total. The van der Waals surface area contributed by atoms with Gasteiger partial charge in [0, 0.05) is 22.7 Å². The number of carbonyl (C=O) groups is 1. The van der Waals surface area contributed by atoms with Gasteiger partial charge in [0.1, 0.15) is 0 Å². The van der Waals surface area contributed by atoms with E-state index in [4.69, 9.17) is 17.3 Å². The predicted molar refractivity (Wildman–Crippen MR) is 59.8 cm³/mol. The van der Waals surface area contributed by atoms with Gasteiger partial charge in [-0.05, 0) is 31.0 Å². The molecule has 1 aromatic carbocycles. The molecule has 0 radical (unpaired) electrons. The summed E-state index contributed by atoms with van der Waals surface area (Å²) in [6.45, 7) is 3.82. The minimum absolute atomic E-state index is 0.110. The number of nitrogens with two attached hydrogens (primary N) is 1. The molecule has 1 rings (SSSR count). The molecule has 0 aliphatic heterocycles. The first kappa shape index (κ1) is 11.1. The lowest BCUT2D eigenvalue weighted by Gasteiger charge is -2.07. The van der Waals surface area contributed by atoms with Crippen LogP contribution in [0.1, 0.15) is 35.7 Å². The Kier molecular flexibility index (Phi) is 3.53. The highest BCUT2D eigenvalue weighted by Crippen LogP contribution is 2.23. The molecule has 14 heavy (non-hydrogen) atoms. The Labute approximate surface area is 89.1 Å². The maximum atomic E-state index is 11.7. The van der Waals surface area contributed by atoms with Crippen LogP contribution in [0.15, 0.2) is 12.1 Å². The van der Waals surface area contributed by atoms with Crippen molar-refractivity contribution in [1.82, 2.24) is 0 Å². The second kappa shape index (κ2) is 4.47. The number of anilines is 1. The summed E-state index contributed by atoms with van der Waals surface area (Å²) >= 11 is 5.83. The van der Waals surface area contributed by atoms with Crippen molar-refractivity contribution in [3.63, 3.8) is 0 Å². The summed E-state index contributed by atoms with van der Waals surface area (Å²) < 4.78 is 0. The third kappa shape index (κ3) is 2.26. The van der Waals surface area contributed by atoms with Gasteiger partial charge in [0.2, 0.25) is 0 Å². The minimum atomic E-state index is 0.110. The summed E-state index contributed by atoms with van der Waals surface area (Å²) in [6, 6.07) is 3.35. The maximum Gasteiger partial charge on any atom is 0.163 e. The second-order valence-electron chi connectivity index (χ2n) is 3.34. The summed E-state index contributed by atoms with van der Waals surface area (Å²) in [5, 5.41) is 0.521. The van der Waals surface area contributed by atoms with Crippen molar-refractivity contribution in [3.05, 3.63) is 28.3 Å². The Morgan fingerprint density at radius 2 is 2.14 bits per heavy atom. The lowest BCUT2D eigenvalue weighted by molar-refractivity contribution is 0.0981. The van der Waals surface area contributed by atoms with E-state index in [9.17, 15) is 4.79 Å². The molecule has 1 aromatic rings. The third-order valence-electron chi connectivity index (χ3n) is 2.19. The molecule has 3 heteroatoms. The molecule has 0 fully saturated rings. The van der Waals surface area contributed by atoms with Gasteiger partial charge in [-0.3, -0.25) is 4.79 Å². The van der Waals surface area contributed by atoms with Crippen LogP contribution in [-0.4, -0.2) is 5.78 Å². The molecule has 0 unspecified atom stereocenters. The van der Waals surface area contributed by atoms with Crippen LogP contribution in [0.3, 0.4) is 0 Å². The van der Waals surface area contributed by atoms with Crippen LogP contribution in [0.4, 0.5) is 5.69 Å². The number of halogens is 1. The van der Waals surface area contributed by atoms with Crippen LogP contribution >= 0.6 is 11.6 Å². The SMILES string of the molecule is CCCC(=O)c1cc(Cl)cc(N)c1C. The molecule has 0 saturated carbocycles. The lowest BCUT2D eigenvalue weighted by atomic mass is 10.0. The Morgan fingerprint density at radius 3 is 2.71 bits per heavy atom. The summed E-state index contributed by atoms with van der Waals surface area (Å²) in [6.07, 6.45) is 1.38. The van der Waals surface area contributed by atoms with Gasteiger partial charge >= 0.3 is 0 Å². The minimum Gasteiger partial charge on any atom is -0.398 e. The van der Waals surface area contributed by atoms with Crippen molar-refractivity contribution in [1.29, 1.82) is 0 Å². The first-order valence-electron chi connectivity index (χ1n) is 4.65. The molecular formula is C11H14ClNO. The van der Waals surface area contributed by atoms with E-state index in [1.165, 1.54) is 0 Å². The highest BCUT2D eigenvalue weighted by Gasteiger charge is 2.11. The molecule has 0 spiro atoms. The highest BCUT2D eigenvalue weighted by molar-refractivity contribution is 6.31. The zero-order valence-electron chi connectivity index (χ0n) is 8.43. The number of hydrogen-bond acceptors (Lipinski definition) is 2. The third-order valence-corrected chi connectivity index (χ3v) is 2.41. The lowest BCUT2D eigenvalue weighted by Crippen LogP contribution is -2.03. The molecule has 76 valence electrons. The summed E-state index contributed by atoms with van der Waals surface area (Å²) in [5.41, 5.74) is 7.78. The van der Waals surface area contributed by atoms with Crippen molar-refractivity contribution in [2.75, 3.05) is 5.73 Å². The number of rotatable bonds is 3. The summed E-state index contributed by atoms with van der Waals surface area (Å²) in [7, 11) is 0. The van der Waals surface area contributed by atoms with Gasteiger partial charge in [-0.25, -0.2) is 0 Å². The van der Waals surface area contributed by atoms with Crippen LogP contribution in [0.25, 0.3) is 0 Å².